The molecule has 1 aliphatic rings. The van der Waals surface area contributed by atoms with Crippen molar-refractivity contribution in [2.24, 2.45) is 0 Å². The summed E-state index contributed by atoms with van der Waals surface area (Å²) in [5.41, 5.74) is 3.03. The van der Waals surface area contributed by atoms with E-state index >= 15 is 0 Å². The standard InChI is InChI=1S/C20H20N4O2S/c1-10-16-11(2)21-12(3)22-20(16)27-17(10)19(26)24-14-6-4-13(5-7-14)18(25)23-15-8-9-15/h4-7,15H,8-9H2,1-3H3,(H,23,25)(H,24,26). The van der Waals surface area contributed by atoms with Crippen LogP contribution in [0.25, 0.3) is 10.2 Å². The lowest BCUT2D eigenvalue weighted by Crippen LogP contribution is -2.25. The highest BCUT2D eigenvalue weighted by atomic mass is 32.1. The number of hydrogen-bond donors (Lipinski definition) is 2. The summed E-state index contributed by atoms with van der Waals surface area (Å²) in [7, 11) is 0. The van der Waals surface area contributed by atoms with Crippen molar-refractivity contribution >= 4 is 39.1 Å². The van der Waals surface area contributed by atoms with E-state index in [0.717, 1.165) is 34.3 Å². The average molecular weight is 380 g/mol. The molecule has 0 spiro atoms. The van der Waals surface area contributed by atoms with Crippen LogP contribution in [0.1, 0.15) is 50.0 Å². The van der Waals surface area contributed by atoms with Gasteiger partial charge in [0.15, 0.2) is 0 Å². The van der Waals surface area contributed by atoms with Crippen molar-refractivity contribution in [1.82, 2.24) is 15.3 Å². The minimum Gasteiger partial charge on any atom is -0.349 e. The molecule has 0 aliphatic heterocycles. The van der Waals surface area contributed by atoms with Crippen LogP contribution >= 0.6 is 11.3 Å². The van der Waals surface area contributed by atoms with Crippen LogP contribution in [-0.2, 0) is 0 Å². The smallest absolute Gasteiger partial charge is 0.266 e. The van der Waals surface area contributed by atoms with E-state index in [0.29, 0.717) is 28.0 Å². The third-order valence-electron chi connectivity index (χ3n) is 4.61. The zero-order chi connectivity index (χ0) is 19.1. The number of anilines is 1. The number of aromatic nitrogens is 2. The molecular formula is C20H20N4O2S. The topological polar surface area (TPSA) is 84.0 Å². The van der Waals surface area contributed by atoms with Gasteiger partial charge in [-0.05, 0) is 63.4 Å². The van der Waals surface area contributed by atoms with Crippen molar-refractivity contribution in [3.8, 4) is 0 Å². The average Bonchev–Trinajstić information content (AvgIpc) is 3.36. The van der Waals surface area contributed by atoms with Crippen molar-refractivity contribution in [1.29, 1.82) is 0 Å². The highest BCUT2D eigenvalue weighted by Crippen LogP contribution is 2.31. The molecule has 2 aromatic heterocycles. The molecule has 2 heterocycles. The van der Waals surface area contributed by atoms with Gasteiger partial charge >= 0.3 is 0 Å². The Hall–Kier alpha value is -2.80. The molecule has 0 bridgehead atoms. The van der Waals surface area contributed by atoms with Crippen molar-refractivity contribution in [3.63, 3.8) is 0 Å². The molecule has 1 aliphatic carbocycles. The van der Waals surface area contributed by atoms with Crippen molar-refractivity contribution in [3.05, 3.63) is 51.8 Å². The van der Waals surface area contributed by atoms with Crippen LogP contribution in [0.5, 0.6) is 0 Å². The lowest BCUT2D eigenvalue weighted by molar-refractivity contribution is 0.0950. The molecule has 138 valence electrons. The predicted octanol–water partition coefficient (Wildman–Crippen LogP) is 3.76. The Morgan fingerprint density at radius 1 is 1.04 bits per heavy atom. The first kappa shape index (κ1) is 17.6. The molecule has 4 rings (SSSR count). The molecule has 1 fully saturated rings. The molecular weight excluding hydrogens is 360 g/mol. The number of benzene rings is 1. The molecule has 0 saturated heterocycles. The summed E-state index contributed by atoms with van der Waals surface area (Å²) >= 11 is 1.37. The Labute approximate surface area is 161 Å². The maximum absolute atomic E-state index is 12.7. The van der Waals surface area contributed by atoms with Crippen molar-refractivity contribution < 1.29 is 9.59 Å². The second kappa shape index (κ2) is 6.74. The molecule has 0 unspecified atom stereocenters. The van der Waals surface area contributed by atoms with Gasteiger partial charge in [-0.1, -0.05) is 0 Å². The number of thiophene rings is 1. The molecule has 1 aromatic carbocycles. The molecule has 2 amide bonds. The van der Waals surface area contributed by atoms with Gasteiger partial charge in [-0.2, -0.15) is 0 Å². The van der Waals surface area contributed by atoms with Gasteiger partial charge in [0.25, 0.3) is 11.8 Å². The Balaban J connectivity index is 1.53. The number of aryl methyl sites for hydroxylation is 3. The molecule has 6 nitrogen and oxygen atoms in total. The third-order valence-corrected chi connectivity index (χ3v) is 5.79. The van der Waals surface area contributed by atoms with Gasteiger partial charge in [0.1, 0.15) is 10.7 Å². The summed E-state index contributed by atoms with van der Waals surface area (Å²) in [6.07, 6.45) is 2.11. The first-order valence-electron chi connectivity index (χ1n) is 8.89. The fourth-order valence-corrected chi connectivity index (χ4v) is 4.25. The molecule has 2 N–H and O–H groups in total. The van der Waals surface area contributed by atoms with E-state index < -0.39 is 0 Å². The molecule has 1 saturated carbocycles. The van der Waals surface area contributed by atoms with Gasteiger partial charge in [-0.25, -0.2) is 9.97 Å². The highest BCUT2D eigenvalue weighted by Gasteiger charge is 2.24. The first-order valence-corrected chi connectivity index (χ1v) is 9.70. The van der Waals surface area contributed by atoms with Gasteiger partial charge in [-0.15, -0.1) is 11.3 Å². The SMILES string of the molecule is Cc1nc(C)c2c(C)c(C(=O)Nc3ccc(C(=O)NC4CC4)cc3)sc2n1. The Morgan fingerprint density at radius 2 is 1.74 bits per heavy atom. The minimum absolute atomic E-state index is 0.0693. The van der Waals surface area contributed by atoms with Crippen LogP contribution in [0.3, 0.4) is 0 Å². The minimum atomic E-state index is -0.178. The zero-order valence-electron chi connectivity index (χ0n) is 15.4. The van der Waals surface area contributed by atoms with Gasteiger partial charge in [0.2, 0.25) is 0 Å². The van der Waals surface area contributed by atoms with E-state index in [9.17, 15) is 9.59 Å². The van der Waals surface area contributed by atoms with Crippen molar-refractivity contribution in [2.75, 3.05) is 5.32 Å². The van der Waals surface area contributed by atoms with Crippen LogP contribution in [0, 0.1) is 20.8 Å². The molecule has 0 radical (unpaired) electrons. The number of hydrogen-bond acceptors (Lipinski definition) is 5. The number of amides is 2. The monoisotopic (exact) mass is 380 g/mol. The van der Waals surface area contributed by atoms with E-state index in [-0.39, 0.29) is 11.8 Å². The van der Waals surface area contributed by atoms with Crippen LogP contribution in [-0.4, -0.2) is 27.8 Å². The summed E-state index contributed by atoms with van der Waals surface area (Å²) in [6.45, 7) is 5.71. The largest absolute Gasteiger partial charge is 0.349 e. The Kier molecular flexibility index (Phi) is 4.39. The van der Waals surface area contributed by atoms with Gasteiger partial charge in [0.05, 0.1) is 4.88 Å². The summed E-state index contributed by atoms with van der Waals surface area (Å²) in [5.74, 6) is 0.455. The van der Waals surface area contributed by atoms with Gasteiger partial charge < -0.3 is 10.6 Å². The first-order chi connectivity index (χ1) is 12.9. The lowest BCUT2D eigenvalue weighted by atomic mass is 10.1. The summed E-state index contributed by atoms with van der Waals surface area (Å²) < 4.78 is 0. The number of nitrogens with zero attached hydrogens (tertiary/aromatic N) is 2. The van der Waals surface area contributed by atoms with Gasteiger partial charge in [0, 0.05) is 28.4 Å². The second-order valence-electron chi connectivity index (χ2n) is 6.87. The number of fused-ring (bicyclic) bond motifs is 1. The van der Waals surface area contributed by atoms with E-state index in [1.165, 1.54) is 11.3 Å². The zero-order valence-corrected chi connectivity index (χ0v) is 16.2. The number of carbonyl (C=O) groups excluding carboxylic acids is 2. The molecule has 3 aromatic rings. The summed E-state index contributed by atoms with van der Waals surface area (Å²) in [5, 5.41) is 6.80. The summed E-state index contributed by atoms with van der Waals surface area (Å²) in [6, 6.07) is 7.27. The second-order valence-corrected chi connectivity index (χ2v) is 7.87. The number of rotatable bonds is 4. The van der Waals surface area contributed by atoms with E-state index in [1.807, 2.05) is 20.8 Å². The molecule has 27 heavy (non-hydrogen) atoms. The van der Waals surface area contributed by atoms with E-state index in [1.54, 1.807) is 24.3 Å². The maximum atomic E-state index is 12.7. The highest BCUT2D eigenvalue weighted by molar-refractivity contribution is 7.20. The fourth-order valence-electron chi connectivity index (χ4n) is 3.08. The molecule has 0 atom stereocenters. The van der Waals surface area contributed by atoms with Crippen LogP contribution < -0.4 is 10.6 Å². The Morgan fingerprint density at radius 3 is 2.41 bits per heavy atom. The number of nitrogens with one attached hydrogen (secondary N) is 2. The van der Waals surface area contributed by atoms with Gasteiger partial charge in [-0.3, -0.25) is 9.59 Å². The van der Waals surface area contributed by atoms with E-state index in [4.69, 9.17) is 0 Å². The van der Waals surface area contributed by atoms with Crippen LogP contribution in [0.4, 0.5) is 5.69 Å². The Bertz CT molecular complexity index is 1050. The van der Waals surface area contributed by atoms with Crippen LogP contribution in [0.2, 0.25) is 0 Å². The van der Waals surface area contributed by atoms with Crippen molar-refractivity contribution in [2.45, 2.75) is 39.7 Å². The van der Waals surface area contributed by atoms with Crippen LogP contribution in [0.15, 0.2) is 24.3 Å². The lowest BCUT2D eigenvalue weighted by Gasteiger charge is -2.07. The normalized spacial score (nSPS) is 13.6. The van der Waals surface area contributed by atoms with E-state index in [2.05, 4.69) is 20.6 Å². The molecule has 7 heteroatoms. The summed E-state index contributed by atoms with van der Waals surface area (Å²) in [4.78, 5) is 35.1. The maximum Gasteiger partial charge on any atom is 0.266 e. The number of carbonyl (C=O) groups is 2. The third kappa shape index (κ3) is 3.55. The quantitative estimate of drug-likeness (QED) is 0.722. The predicted molar refractivity (Wildman–Crippen MR) is 107 cm³/mol. The fraction of sp³-hybridized carbons (Fsp3) is 0.300.